The van der Waals surface area contributed by atoms with Crippen molar-refractivity contribution < 1.29 is 4.39 Å². The van der Waals surface area contributed by atoms with Crippen molar-refractivity contribution in [2.45, 2.75) is 13.0 Å². The number of benzene rings is 1. The molecule has 7 heteroatoms. The maximum absolute atomic E-state index is 13.6. The summed E-state index contributed by atoms with van der Waals surface area (Å²) in [6, 6.07) is 6.78. The third kappa shape index (κ3) is 3.04. The Morgan fingerprint density at radius 3 is 2.71 bits per heavy atom. The number of thiophene rings is 1. The van der Waals surface area contributed by atoms with E-state index < -0.39 is 5.82 Å². The lowest BCUT2D eigenvalue weighted by Crippen LogP contribution is -2.05. The summed E-state index contributed by atoms with van der Waals surface area (Å²) in [5.74, 6) is 0.793. The summed E-state index contributed by atoms with van der Waals surface area (Å²) < 4.78 is 16.3. The fourth-order valence-electron chi connectivity index (χ4n) is 2.21. The zero-order chi connectivity index (χ0) is 15.0. The van der Waals surface area contributed by atoms with Gasteiger partial charge in [0.25, 0.3) is 0 Å². The Labute approximate surface area is 140 Å². The lowest BCUT2D eigenvalue weighted by molar-refractivity contribution is 0.629. The van der Waals surface area contributed by atoms with Crippen LogP contribution >= 0.6 is 46.1 Å². The molecular formula is C14H10Cl3FN2S. The molecule has 0 saturated heterocycles. The van der Waals surface area contributed by atoms with E-state index in [1.54, 1.807) is 6.07 Å². The molecular weight excluding hydrogens is 354 g/mol. The van der Waals surface area contributed by atoms with E-state index in [-0.39, 0.29) is 5.02 Å². The number of fused-ring (bicyclic) bond motifs is 1. The zero-order valence-corrected chi connectivity index (χ0v) is 13.8. The van der Waals surface area contributed by atoms with Gasteiger partial charge in [-0.25, -0.2) is 9.37 Å². The molecule has 110 valence electrons. The van der Waals surface area contributed by atoms with Crippen molar-refractivity contribution in [1.82, 2.24) is 9.55 Å². The lowest BCUT2D eigenvalue weighted by atomic mass is 10.3. The Morgan fingerprint density at radius 1 is 1.24 bits per heavy atom. The Bertz CT molecular complexity index is 797. The number of aryl methyl sites for hydroxylation is 1. The summed E-state index contributed by atoms with van der Waals surface area (Å²) in [4.78, 5) is 5.55. The minimum atomic E-state index is -0.467. The van der Waals surface area contributed by atoms with E-state index in [4.69, 9.17) is 34.8 Å². The van der Waals surface area contributed by atoms with Crippen molar-refractivity contribution in [3.8, 4) is 0 Å². The molecule has 0 unspecified atom stereocenters. The highest BCUT2D eigenvalue weighted by molar-refractivity contribution is 7.16. The van der Waals surface area contributed by atoms with E-state index in [9.17, 15) is 4.39 Å². The zero-order valence-electron chi connectivity index (χ0n) is 10.7. The summed E-state index contributed by atoms with van der Waals surface area (Å²) in [7, 11) is 0. The highest BCUT2D eigenvalue weighted by Gasteiger charge is 2.14. The molecule has 0 aliphatic rings. The van der Waals surface area contributed by atoms with Crippen LogP contribution in [0.5, 0.6) is 0 Å². The maximum Gasteiger partial charge on any atom is 0.144 e. The van der Waals surface area contributed by atoms with Crippen molar-refractivity contribution >= 4 is 57.2 Å². The second kappa shape index (κ2) is 6.13. The van der Waals surface area contributed by atoms with E-state index in [0.29, 0.717) is 24.4 Å². The van der Waals surface area contributed by atoms with Gasteiger partial charge in [-0.15, -0.1) is 22.9 Å². The van der Waals surface area contributed by atoms with E-state index in [2.05, 4.69) is 4.98 Å². The molecule has 0 aliphatic carbocycles. The Kier molecular flexibility index (Phi) is 4.41. The van der Waals surface area contributed by atoms with Crippen molar-refractivity contribution in [1.29, 1.82) is 0 Å². The lowest BCUT2D eigenvalue weighted by Gasteiger charge is -2.07. The molecule has 21 heavy (non-hydrogen) atoms. The summed E-state index contributed by atoms with van der Waals surface area (Å²) >= 11 is 19.2. The van der Waals surface area contributed by atoms with Gasteiger partial charge in [-0.2, -0.15) is 0 Å². The molecule has 1 aromatic carbocycles. The Morgan fingerprint density at radius 2 is 2.05 bits per heavy atom. The molecule has 0 bridgehead atoms. The topological polar surface area (TPSA) is 17.8 Å². The summed E-state index contributed by atoms with van der Waals surface area (Å²) in [6.45, 7) is 0.613. The largest absolute Gasteiger partial charge is 0.323 e. The molecule has 0 radical (unpaired) electrons. The number of hydrogen-bond donors (Lipinski definition) is 0. The fourth-order valence-corrected chi connectivity index (χ4v) is 3.62. The number of imidazole rings is 1. The third-order valence-corrected chi connectivity index (χ3v) is 4.82. The number of halogens is 4. The van der Waals surface area contributed by atoms with Crippen LogP contribution in [0, 0.1) is 5.82 Å². The van der Waals surface area contributed by atoms with E-state index >= 15 is 0 Å². The molecule has 0 fully saturated rings. The molecule has 0 amide bonds. The van der Waals surface area contributed by atoms with E-state index in [0.717, 1.165) is 20.6 Å². The third-order valence-electron chi connectivity index (χ3n) is 3.13. The monoisotopic (exact) mass is 362 g/mol. The molecule has 2 nitrogen and oxygen atoms in total. The van der Waals surface area contributed by atoms with Crippen molar-refractivity contribution in [2.75, 3.05) is 5.88 Å². The predicted octanol–water partition coefficient (Wildman–Crippen LogP) is 5.37. The molecule has 0 N–H and O–H groups in total. The first-order valence-corrected chi connectivity index (χ1v) is 8.33. The van der Waals surface area contributed by atoms with Crippen molar-refractivity contribution in [3.63, 3.8) is 0 Å². The fraction of sp³-hybridized carbons (Fsp3) is 0.214. The van der Waals surface area contributed by atoms with Gasteiger partial charge in [0.1, 0.15) is 11.6 Å². The molecule has 0 spiro atoms. The minimum absolute atomic E-state index is 0.0882. The van der Waals surface area contributed by atoms with Gasteiger partial charge in [0.05, 0.1) is 26.9 Å². The smallest absolute Gasteiger partial charge is 0.144 e. The first-order valence-electron chi connectivity index (χ1n) is 6.23. The van der Waals surface area contributed by atoms with Crippen LogP contribution < -0.4 is 0 Å². The molecule has 0 saturated carbocycles. The summed E-state index contributed by atoms with van der Waals surface area (Å²) in [5.41, 5.74) is 1.38. The van der Waals surface area contributed by atoms with Crippen LogP contribution in [0.25, 0.3) is 11.0 Å². The highest BCUT2D eigenvalue weighted by Crippen LogP contribution is 2.27. The van der Waals surface area contributed by atoms with E-state index in [1.165, 1.54) is 17.4 Å². The van der Waals surface area contributed by atoms with Crippen molar-refractivity contribution in [3.05, 3.63) is 50.1 Å². The van der Waals surface area contributed by atoms with Gasteiger partial charge in [-0.05, 0) is 18.2 Å². The molecule has 3 aromatic rings. The Hall–Kier alpha value is -0.810. The van der Waals surface area contributed by atoms with Crippen LogP contribution in [-0.2, 0) is 13.0 Å². The van der Waals surface area contributed by atoms with Gasteiger partial charge in [0.15, 0.2) is 0 Å². The number of rotatable bonds is 4. The van der Waals surface area contributed by atoms with Gasteiger partial charge >= 0.3 is 0 Å². The maximum atomic E-state index is 13.6. The SMILES string of the molecule is Fc1cc2nc(CCCl)n(Cc3ccc(Cl)s3)c2cc1Cl. The molecule has 3 rings (SSSR count). The average Bonchev–Trinajstić information content (AvgIpc) is 2.97. The second-order valence-corrected chi connectivity index (χ2v) is 7.10. The molecule has 0 aliphatic heterocycles. The van der Waals surface area contributed by atoms with Gasteiger partial charge in [0.2, 0.25) is 0 Å². The molecule has 2 aromatic heterocycles. The average molecular weight is 364 g/mol. The first-order chi connectivity index (χ1) is 10.1. The van der Waals surface area contributed by atoms with Gasteiger partial charge in [-0.3, -0.25) is 0 Å². The van der Waals surface area contributed by atoms with Gasteiger partial charge in [-0.1, -0.05) is 23.2 Å². The standard InChI is InChI=1S/C14H10Cl3FN2S/c15-4-3-14-19-11-6-10(18)9(16)5-12(11)20(14)7-8-1-2-13(17)21-8/h1-2,5-6H,3-4,7H2. The predicted molar refractivity (Wildman–Crippen MR) is 87.6 cm³/mol. The molecule has 0 atom stereocenters. The van der Waals surface area contributed by atoms with Crippen LogP contribution in [0.4, 0.5) is 4.39 Å². The van der Waals surface area contributed by atoms with E-state index in [1.807, 2.05) is 16.7 Å². The van der Waals surface area contributed by atoms with Crippen LogP contribution in [0.2, 0.25) is 9.36 Å². The van der Waals surface area contributed by atoms with Gasteiger partial charge in [0, 0.05) is 23.2 Å². The normalized spacial score (nSPS) is 11.4. The highest BCUT2D eigenvalue weighted by atomic mass is 35.5. The number of nitrogens with zero attached hydrogens (tertiary/aromatic N) is 2. The summed E-state index contributed by atoms with van der Waals surface area (Å²) in [5, 5.41) is 0.0882. The van der Waals surface area contributed by atoms with Gasteiger partial charge < -0.3 is 4.57 Å². The van der Waals surface area contributed by atoms with Crippen LogP contribution in [0.3, 0.4) is 0 Å². The Balaban J connectivity index is 2.12. The summed E-state index contributed by atoms with van der Waals surface area (Å²) in [6.07, 6.45) is 0.606. The minimum Gasteiger partial charge on any atom is -0.323 e. The first kappa shape index (κ1) is 15.1. The number of hydrogen-bond acceptors (Lipinski definition) is 2. The van der Waals surface area contributed by atoms with Crippen LogP contribution in [0.15, 0.2) is 24.3 Å². The quantitative estimate of drug-likeness (QED) is 0.570. The number of aromatic nitrogens is 2. The molecule has 2 heterocycles. The van der Waals surface area contributed by atoms with Crippen LogP contribution in [-0.4, -0.2) is 15.4 Å². The second-order valence-electron chi connectivity index (χ2n) is 4.51. The van der Waals surface area contributed by atoms with Crippen molar-refractivity contribution in [2.24, 2.45) is 0 Å². The van der Waals surface area contributed by atoms with Crippen LogP contribution in [0.1, 0.15) is 10.7 Å². The number of alkyl halides is 1.